The minimum atomic E-state index is -1.42. The first kappa shape index (κ1) is 14.1. The van der Waals surface area contributed by atoms with E-state index < -0.39 is 8.03 Å². The molecule has 0 bridgehead atoms. The van der Waals surface area contributed by atoms with E-state index in [-0.39, 0.29) is 5.66 Å². The van der Waals surface area contributed by atoms with Crippen LogP contribution in [-0.2, 0) is 9.09 Å². The molecule has 0 N–H and O–H groups in total. The summed E-state index contributed by atoms with van der Waals surface area (Å²) in [5, 5.41) is 0. The highest BCUT2D eigenvalue weighted by Gasteiger charge is 2.30. The maximum Gasteiger partial charge on any atom is 0.511 e. The van der Waals surface area contributed by atoms with Crippen LogP contribution in [0.2, 0.25) is 0 Å². The Hall–Kier alpha value is 0.0600. The molecule has 14 heavy (non-hydrogen) atoms. The molecule has 0 rings (SSSR count). The van der Waals surface area contributed by atoms with E-state index in [4.69, 9.17) is 4.52 Å². The van der Waals surface area contributed by atoms with Crippen LogP contribution in [0.5, 0.6) is 0 Å². The molecule has 0 aromatic rings. The lowest BCUT2D eigenvalue weighted by atomic mass is 10.2. The summed E-state index contributed by atoms with van der Waals surface area (Å²) in [4.78, 5) is 0. The van der Waals surface area contributed by atoms with E-state index in [1.165, 1.54) is 0 Å². The van der Waals surface area contributed by atoms with Gasteiger partial charge in [-0.25, -0.2) is 0 Å². The molecule has 0 amide bonds. The lowest BCUT2D eigenvalue weighted by Crippen LogP contribution is -2.03. The van der Waals surface area contributed by atoms with Crippen molar-refractivity contribution >= 4 is 8.03 Å². The third kappa shape index (κ3) is 6.50. The fourth-order valence-corrected chi connectivity index (χ4v) is 2.88. The summed E-state index contributed by atoms with van der Waals surface area (Å²) in [5.41, 5.74) is 0.289. The highest BCUT2D eigenvalue weighted by Crippen LogP contribution is 2.35. The van der Waals surface area contributed by atoms with Gasteiger partial charge in [-0.3, -0.25) is 0 Å². The number of unbranched alkanes of at least 4 members (excludes halogenated alkanes) is 1. The lowest BCUT2D eigenvalue weighted by molar-refractivity contribution is 0.312. The minimum absolute atomic E-state index is 0.289. The van der Waals surface area contributed by atoms with E-state index in [0.717, 1.165) is 38.5 Å². The Labute approximate surface area is 89.3 Å². The van der Waals surface area contributed by atoms with E-state index in [1.54, 1.807) is 0 Å². The van der Waals surface area contributed by atoms with Crippen LogP contribution in [0.15, 0.2) is 0 Å². The van der Waals surface area contributed by atoms with Gasteiger partial charge in [0.05, 0.1) is 0 Å². The average molecular weight is 219 g/mol. The summed E-state index contributed by atoms with van der Waals surface area (Å²) < 4.78 is 17.1. The van der Waals surface area contributed by atoms with Crippen LogP contribution < -0.4 is 0 Å². The van der Waals surface area contributed by atoms with Crippen molar-refractivity contribution in [1.82, 2.24) is 0 Å². The number of rotatable bonds is 9. The molecule has 84 valence electrons. The Morgan fingerprint density at radius 3 is 2.07 bits per heavy atom. The molecule has 0 aliphatic rings. The van der Waals surface area contributed by atoms with E-state index in [2.05, 4.69) is 20.8 Å². The summed E-state index contributed by atoms with van der Waals surface area (Å²) in [5.74, 6) is 0. The van der Waals surface area contributed by atoms with Crippen molar-refractivity contribution in [1.29, 1.82) is 0 Å². The highest BCUT2D eigenvalue weighted by molar-refractivity contribution is 7.40. The van der Waals surface area contributed by atoms with Gasteiger partial charge in [0.2, 0.25) is 0 Å². The molecular formula is C11H24O2P+. The molecular weight excluding hydrogens is 195 g/mol. The average Bonchev–Trinajstić information content (AvgIpc) is 2.18. The Morgan fingerprint density at radius 1 is 1.07 bits per heavy atom. The van der Waals surface area contributed by atoms with Gasteiger partial charge in [0, 0.05) is 0 Å². The van der Waals surface area contributed by atoms with E-state index in [9.17, 15) is 4.57 Å². The Kier molecular flexibility index (Phi) is 9.65. The summed E-state index contributed by atoms with van der Waals surface area (Å²) in [7, 11) is -1.42. The second-order valence-corrected chi connectivity index (χ2v) is 5.26. The quantitative estimate of drug-likeness (QED) is 0.421. The van der Waals surface area contributed by atoms with Gasteiger partial charge in [0.15, 0.2) is 5.66 Å². The first-order chi connectivity index (χ1) is 6.76. The molecule has 1 unspecified atom stereocenters. The minimum Gasteiger partial charge on any atom is -0.146 e. The smallest absolute Gasteiger partial charge is 0.146 e. The van der Waals surface area contributed by atoms with E-state index >= 15 is 0 Å². The fourth-order valence-electron chi connectivity index (χ4n) is 1.43. The van der Waals surface area contributed by atoms with Crippen LogP contribution in [0.1, 0.15) is 59.3 Å². The third-order valence-corrected chi connectivity index (χ3v) is 3.81. The van der Waals surface area contributed by atoms with Crippen LogP contribution in [0.4, 0.5) is 0 Å². The molecule has 0 radical (unpaired) electrons. The predicted octanol–water partition coefficient (Wildman–Crippen LogP) is 4.51. The molecule has 0 aromatic carbocycles. The molecule has 0 heterocycles. The number of hydrogen-bond acceptors (Lipinski definition) is 2. The monoisotopic (exact) mass is 219 g/mol. The molecule has 0 spiro atoms. The van der Waals surface area contributed by atoms with Crippen molar-refractivity contribution in [2.45, 2.75) is 65.0 Å². The zero-order valence-electron chi connectivity index (χ0n) is 9.79. The molecule has 0 aliphatic heterocycles. The maximum atomic E-state index is 11.7. The summed E-state index contributed by atoms with van der Waals surface area (Å²) >= 11 is 0. The van der Waals surface area contributed by atoms with Gasteiger partial charge in [0.1, 0.15) is 6.61 Å². The summed E-state index contributed by atoms with van der Waals surface area (Å²) in [6.07, 6.45) is 6.40. The van der Waals surface area contributed by atoms with Crippen molar-refractivity contribution in [3.63, 3.8) is 0 Å². The lowest BCUT2D eigenvalue weighted by Gasteiger charge is -2.02. The van der Waals surface area contributed by atoms with Crippen LogP contribution in [-0.4, -0.2) is 12.3 Å². The first-order valence-corrected chi connectivity index (χ1v) is 7.10. The van der Waals surface area contributed by atoms with Gasteiger partial charge in [-0.1, -0.05) is 40.0 Å². The summed E-state index contributed by atoms with van der Waals surface area (Å²) in [6.45, 7) is 7.05. The molecule has 2 nitrogen and oxygen atoms in total. The maximum absolute atomic E-state index is 11.7. The second kappa shape index (κ2) is 9.61. The van der Waals surface area contributed by atoms with Crippen LogP contribution in [0, 0.1) is 0 Å². The molecule has 0 aromatic heterocycles. The Morgan fingerprint density at radius 2 is 1.64 bits per heavy atom. The van der Waals surface area contributed by atoms with Crippen LogP contribution >= 0.6 is 8.03 Å². The van der Waals surface area contributed by atoms with Gasteiger partial charge >= 0.3 is 8.03 Å². The van der Waals surface area contributed by atoms with Crippen molar-refractivity contribution in [3.8, 4) is 0 Å². The van der Waals surface area contributed by atoms with Crippen LogP contribution in [0.25, 0.3) is 0 Å². The highest BCUT2D eigenvalue weighted by atomic mass is 31.1. The van der Waals surface area contributed by atoms with E-state index in [0.29, 0.717) is 6.61 Å². The second-order valence-electron chi connectivity index (χ2n) is 3.70. The SMILES string of the molecule is CCCCO[P+](=O)C(CCC)CCC. The molecule has 0 saturated carbocycles. The normalized spacial score (nSPS) is 12.1. The van der Waals surface area contributed by atoms with Crippen LogP contribution in [0.3, 0.4) is 0 Å². The zero-order chi connectivity index (χ0) is 10.8. The van der Waals surface area contributed by atoms with Crippen molar-refractivity contribution in [3.05, 3.63) is 0 Å². The standard InChI is InChI=1S/C11H24O2P/c1-4-7-10-13-14(12)11(8-5-2)9-6-3/h11H,4-10H2,1-3H3/q+1. The molecule has 0 aliphatic carbocycles. The zero-order valence-corrected chi connectivity index (χ0v) is 10.7. The van der Waals surface area contributed by atoms with Gasteiger partial charge in [-0.15, -0.1) is 4.52 Å². The third-order valence-electron chi connectivity index (χ3n) is 2.26. The van der Waals surface area contributed by atoms with Gasteiger partial charge in [-0.05, 0) is 23.8 Å². The Balaban J connectivity index is 3.76. The first-order valence-electron chi connectivity index (χ1n) is 5.85. The molecule has 0 fully saturated rings. The predicted molar refractivity (Wildman–Crippen MR) is 62.1 cm³/mol. The van der Waals surface area contributed by atoms with E-state index in [1.807, 2.05) is 0 Å². The fraction of sp³-hybridized carbons (Fsp3) is 1.00. The number of hydrogen-bond donors (Lipinski definition) is 0. The van der Waals surface area contributed by atoms with Crippen molar-refractivity contribution in [2.24, 2.45) is 0 Å². The molecule has 3 heteroatoms. The largest absolute Gasteiger partial charge is 0.511 e. The van der Waals surface area contributed by atoms with Gasteiger partial charge in [-0.2, -0.15) is 0 Å². The topological polar surface area (TPSA) is 26.3 Å². The molecule has 0 saturated heterocycles. The summed E-state index contributed by atoms with van der Waals surface area (Å²) in [6, 6.07) is 0. The Bertz CT molecular complexity index is 142. The van der Waals surface area contributed by atoms with Gasteiger partial charge < -0.3 is 0 Å². The van der Waals surface area contributed by atoms with Crippen molar-refractivity contribution < 1.29 is 9.09 Å². The van der Waals surface area contributed by atoms with Crippen molar-refractivity contribution in [2.75, 3.05) is 6.61 Å². The molecule has 1 atom stereocenters. The van der Waals surface area contributed by atoms with Gasteiger partial charge in [0.25, 0.3) is 0 Å².